The number of hydrogen-bond donors (Lipinski definition) is 0. The van der Waals surface area contributed by atoms with Crippen LogP contribution in [-0.2, 0) is 22.6 Å². The van der Waals surface area contributed by atoms with Gasteiger partial charge >= 0.3 is 5.97 Å². The maximum atomic E-state index is 12.8. The summed E-state index contributed by atoms with van der Waals surface area (Å²) in [6, 6.07) is 12.1. The molecule has 0 aromatic heterocycles. The van der Waals surface area contributed by atoms with Gasteiger partial charge in [0.15, 0.2) is 5.75 Å². The van der Waals surface area contributed by atoms with E-state index in [-0.39, 0.29) is 30.4 Å². The van der Waals surface area contributed by atoms with Gasteiger partial charge in [-0.25, -0.2) is 4.79 Å². The van der Waals surface area contributed by atoms with Crippen molar-refractivity contribution in [1.82, 2.24) is 4.90 Å². The van der Waals surface area contributed by atoms with Crippen molar-refractivity contribution in [2.24, 2.45) is 0 Å². The second-order valence-corrected chi connectivity index (χ2v) is 6.57. The molecule has 1 amide bonds. The molecule has 0 saturated heterocycles. The number of non-ortho nitro benzene ring substituents is 1. The highest BCUT2D eigenvalue weighted by Gasteiger charge is 2.29. The third-order valence-corrected chi connectivity index (χ3v) is 4.85. The summed E-state index contributed by atoms with van der Waals surface area (Å²) in [5.41, 5.74) is 2.72. The van der Waals surface area contributed by atoms with Crippen LogP contribution >= 0.6 is 0 Å². The predicted molar refractivity (Wildman–Crippen MR) is 96.5 cm³/mol. The number of amides is 1. The Bertz CT molecular complexity index is 943. The molecule has 0 spiro atoms. The summed E-state index contributed by atoms with van der Waals surface area (Å²) in [5, 5.41) is 10.9. The fourth-order valence-electron chi connectivity index (χ4n) is 3.47. The van der Waals surface area contributed by atoms with Crippen LogP contribution < -0.4 is 9.64 Å². The molecule has 0 aliphatic carbocycles. The van der Waals surface area contributed by atoms with Crippen LogP contribution in [0.1, 0.15) is 11.1 Å². The zero-order valence-electron chi connectivity index (χ0n) is 14.5. The maximum absolute atomic E-state index is 12.8. The first kappa shape index (κ1) is 17.0. The molecule has 0 N–H and O–H groups in total. The van der Waals surface area contributed by atoms with Crippen molar-refractivity contribution in [2.45, 2.75) is 13.0 Å². The summed E-state index contributed by atoms with van der Waals surface area (Å²) in [7, 11) is 0. The van der Waals surface area contributed by atoms with Gasteiger partial charge in [-0.15, -0.1) is 0 Å². The minimum absolute atomic E-state index is 0.0160. The highest BCUT2D eigenvalue weighted by Crippen LogP contribution is 2.35. The molecule has 27 heavy (non-hydrogen) atoms. The number of esters is 1. The largest absolute Gasteiger partial charge is 0.423 e. The molecule has 0 radical (unpaired) electrons. The van der Waals surface area contributed by atoms with E-state index < -0.39 is 10.9 Å². The second-order valence-electron chi connectivity index (χ2n) is 6.57. The van der Waals surface area contributed by atoms with E-state index in [1.165, 1.54) is 23.8 Å². The van der Waals surface area contributed by atoms with Crippen LogP contribution in [0.15, 0.2) is 42.5 Å². The van der Waals surface area contributed by atoms with Gasteiger partial charge in [-0.2, -0.15) is 0 Å². The third-order valence-electron chi connectivity index (χ3n) is 4.85. The number of nitro groups is 1. The molecule has 8 heteroatoms. The number of carbonyl (C=O) groups excluding carboxylic acids is 2. The topological polar surface area (TPSA) is 93.0 Å². The summed E-state index contributed by atoms with van der Waals surface area (Å²) >= 11 is 0. The first-order chi connectivity index (χ1) is 13.0. The highest BCUT2D eigenvalue weighted by atomic mass is 16.6. The summed E-state index contributed by atoms with van der Waals surface area (Å²) in [6.07, 6.45) is 0.798. The van der Waals surface area contributed by atoms with Gasteiger partial charge < -0.3 is 14.5 Å². The smallest absolute Gasteiger partial charge is 0.331 e. The molecule has 0 atom stereocenters. The molecule has 0 fully saturated rings. The number of nitro benzene ring substituents is 1. The zero-order chi connectivity index (χ0) is 19.0. The Morgan fingerprint density at radius 3 is 2.70 bits per heavy atom. The fourth-order valence-corrected chi connectivity index (χ4v) is 3.47. The lowest BCUT2D eigenvalue weighted by Gasteiger charge is -2.33. The maximum Gasteiger partial charge on any atom is 0.331 e. The van der Waals surface area contributed by atoms with Crippen molar-refractivity contribution in [3.05, 3.63) is 63.7 Å². The van der Waals surface area contributed by atoms with Crippen LogP contribution in [0.3, 0.4) is 0 Å². The first-order valence-corrected chi connectivity index (χ1v) is 8.60. The summed E-state index contributed by atoms with van der Waals surface area (Å²) in [6.45, 7) is 1.12. The van der Waals surface area contributed by atoms with E-state index in [9.17, 15) is 19.7 Å². The third kappa shape index (κ3) is 3.33. The lowest BCUT2D eigenvalue weighted by Crippen LogP contribution is -2.46. The van der Waals surface area contributed by atoms with Gasteiger partial charge in [0.2, 0.25) is 5.91 Å². The predicted octanol–water partition coefficient (Wildman–Crippen LogP) is 1.91. The number of anilines is 1. The van der Waals surface area contributed by atoms with Crippen LogP contribution in [0, 0.1) is 10.1 Å². The van der Waals surface area contributed by atoms with Gasteiger partial charge in [0, 0.05) is 19.2 Å². The first-order valence-electron chi connectivity index (χ1n) is 8.60. The van der Waals surface area contributed by atoms with Gasteiger partial charge in [-0.05, 0) is 23.6 Å². The minimum atomic E-state index is -0.552. The van der Waals surface area contributed by atoms with E-state index in [0.29, 0.717) is 18.8 Å². The van der Waals surface area contributed by atoms with E-state index in [2.05, 4.69) is 6.07 Å². The monoisotopic (exact) mass is 367 g/mol. The van der Waals surface area contributed by atoms with Crippen LogP contribution in [0.5, 0.6) is 5.75 Å². The van der Waals surface area contributed by atoms with Gasteiger partial charge in [0.25, 0.3) is 5.69 Å². The molecule has 2 aromatic rings. The number of carbonyl (C=O) groups is 2. The lowest BCUT2D eigenvalue weighted by molar-refractivity contribution is -0.384. The molecule has 8 nitrogen and oxygen atoms in total. The molecule has 2 heterocycles. The SMILES string of the molecule is O=C1CN(CC(=O)N2CCc3ccccc3C2)c2ccc([N+](=O)[O-])cc2O1. The van der Waals surface area contributed by atoms with Crippen molar-refractivity contribution in [2.75, 3.05) is 24.5 Å². The van der Waals surface area contributed by atoms with Gasteiger partial charge in [-0.1, -0.05) is 24.3 Å². The van der Waals surface area contributed by atoms with Crippen molar-refractivity contribution in [1.29, 1.82) is 0 Å². The number of nitrogens with zero attached hydrogens (tertiary/aromatic N) is 3. The van der Waals surface area contributed by atoms with Crippen molar-refractivity contribution < 1.29 is 19.2 Å². The van der Waals surface area contributed by atoms with Crippen LogP contribution in [-0.4, -0.2) is 41.3 Å². The lowest BCUT2D eigenvalue weighted by atomic mass is 10.00. The normalized spacial score (nSPS) is 15.6. The van der Waals surface area contributed by atoms with Gasteiger partial charge in [0.1, 0.15) is 6.54 Å². The quantitative estimate of drug-likeness (QED) is 0.356. The number of hydrogen-bond acceptors (Lipinski definition) is 6. The summed E-state index contributed by atoms with van der Waals surface area (Å²) in [5.74, 6) is -0.527. The Kier molecular flexibility index (Phi) is 4.23. The van der Waals surface area contributed by atoms with Crippen LogP contribution in [0.25, 0.3) is 0 Å². The Hall–Kier alpha value is -3.42. The minimum Gasteiger partial charge on any atom is -0.423 e. The molecule has 0 bridgehead atoms. The average Bonchev–Trinajstić information content (AvgIpc) is 2.66. The number of rotatable bonds is 3. The second kappa shape index (κ2) is 6.71. The van der Waals surface area contributed by atoms with E-state index >= 15 is 0 Å². The van der Waals surface area contributed by atoms with Crippen LogP contribution in [0.4, 0.5) is 11.4 Å². The molecule has 2 aliphatic rings. The molecule has 0 unspecified atom stereocenters. The van der Waals surface area contributed by atoms with Crippen molar-refractivity contribution in [3.8, 4) is 5.75 Å². The van der Waals surface area contributed by atoms with E-state index in [1.807, 2.05) is 18.2 Å². The highest BCUT2D eigenvalue weighted by molar-refractivity contribution is 5.89. The van der Waals surface area contributed by atoms with E-state index in [1.54, 1.807) is 9.80 Å². The fraction of sp³-hybridized carbons (Fsp3) is 0.263. The number of ether oxygens (including phenoxy) is 1. The zero-order valence-corrected chi connectivity index (χ0v) is 14.5. The molecule has 2 aromatic carbocycles. The van der Waals surface area contributed by atoms with Crippen molar-refractivity contribution in [3.63, 3.8) is 0 Å². The molecule has 138 valence electrons. The van der Waals surface area contributed by atoms with Crippen molar-refractivity contribution >= 4 is 23.3 Å². The summed E-state index contributed by atoms with van der Waals surface area (Å²) < 4.78 is 5.12. The Morgan fingerprint density at radius 2 is 1.93 bits per heavy atom. The molecule has 2 aliphatic heterocycles. The summed E-state index contributed by atoms with van der Waals surface area (Å²) in [4.78, 5) is 38.4. The Balaban J connectivity index is 1.52. The molecular weight excluding hydrogens is 350 g/mol. The van der Waals surface area contributed by atoms with Gasteiger partial charge in [-0.3, -0.25) is 14.9 Å². The van der Waals surface area contributed by atoms with Gasteiger partial charge in [0.05, 0.1) is 23.2 Å². The standard InChI is InChI=1S/C19H17N3O5/c23-18(20-8-7-13-3-1-2-4-14(13)10-20)11-21-12-19(24)27-17-9-15(22(25)26)5-6-16(17)21/h1-6,9H,7-8,10-12H2. The Labute approximate surface area is 155 Å². The van der Waals surface area contributed by atoms with E-state index in [0.717, 1.165) is 12.0 Å². The molecule has 0 saturated carbocycles. The molecule has 4 rings (SSSR count). The number of benzene rings is 2. The van der Waals surface area contributed by atoms with E-state index in [4.69, 9.17) is 4.74 Å². The molecular formula is C19H17N3O5. The van der Waals surface area contributed by atoms with Crippen LogP contribution in [0.2, 0.25) is 0 Å². The number of fused-ring (bicyclic) bond motifs is 2. The average molecular weight is 367 g/mol. The Morgan fingerprint density at radius 1 is 1.15 bits per heavy atom.